The second kappa shape index (κ2) is 6.42. The van der Waals surface area contributed by atoms with Gasteiger partial charge in [0.1, 0.15) is 6.04 Å². The van der Waals surface area contributed by atoms with Crippen LogP contribution in [0.2, 0.25) is 4.34 Å². The SMILES string of the molecule is C=CCCC(NC(=O)c1ccc(Cl)s1)C(=O)O. The Morgan fingerprint density at radius 3 is 2.76 bits per heavy atom. The Hall–Kier alpha value is -1.33. The minimum absolute atomic E-state index is 0.323. The molecule has 1 amide bonds. The molecule has 1 aromatic heterocycles. The molecule has 1 rings (SSSR count). The van der Waals surface area contributed by atoms with Gasteiger partial charge in [-0.15, -0.1) is 17.9 Å². The second-order valence-electron chi connectivity index (χ2n) is 3.33. The molecule has 2 N–H and O–H groups in total. The largest absolute Gasteiger partial charge is 0.480 e. The maximum Gasteiger partial charge on any atom is 0.326 e. The maximum atomic E-state index is 11.7. The highest BCUT2D eigenvalue weighted by molar-refractivity contribution is 7.18. The number of rotatable bonds is 6. The van der Waals surface area contributed by atoms with Crippen molar-refractivity contribution in [3.05, 3.63) is 34.0 Å². The number of carboxylic acid groups (broad SMARTS) is 1. The molecule has 6 heteroatoms. The number of allylic oxidation sites excluding steroid dienone is 1. The lowest BCUT2D eigenvalue weighted by atomic mass is 10.1. The normalized spacial score (nSPS) is 11.8. The lowest BCUT2D eigenvalue weighted by molar-refractivity contribution is -0.139. The van der Waals surface area contributed by atoms with Gasteiger partial charge >= 0.3 is 5.97 Å². The highest BCUT2D eigenvalue weighted by Crippen LogP contribution is 2.21. The Morgan fingerprint density at radius 1 is 1.59 bits per heavy atom. The topological polar surface area (TPSA) is 66.4 Å². The molecule has 0 aromatic carbocycles. The molecule has 4 nitrogen and oxygen atoms in total. The number of thiophene rings is 1. The van der Waals surface area contributed by atoms with E-state index in [4.69, 9.17) is 16.7 Å². The zero-order valence-corrected chi connectivity index (χ0v) is 10.6. The molecule has 0 aliphatic rings. The van der Waals surface area contributed by atoms with Crippen LogP contribution in [0.25, 0.3) is 0 Å². The number of carboxylic acids is 1. The number of hydrogen-bond acceptors (Lipinski definition) is 3. The fraction of sp³-hybridized carbons (Fsp3) is 0.273. The van der Waals surface area contributed by atoms with Crippen molar-refractivity contribution in [2.75, 3.05) is 0 Å². The van der Waals surface area contributed by atoms with Gasteiger partial charge in [0.05, 0.1) is 9.21 Å². The molecule has 1 unspecified atom stereocenters. The predicted molar refractivity (Wildman–Crippen MR) is 67.7 cm³/mol. The van der Waals surface area contributed by atoms with Gasteiger partial charge in [-0.25, -0.2) is 4.79 Å². The molecule has 1 atom stereocenters. The van der Waals surface area contributed by atoms with Gasteiger partial charge < -0.3 is 10.4 Å². The van der Waals surface area contributed by atoms with Crippen LogP contribution in [0.4, 0.5) is 0 Å². The Morgan fingerprint density at radius 2 is 2.29 bits per heavy atom. The zero-order chi connectivity index (χ0) is 12.8. The van der Waals surface area contributed by atoms with E-state index >= 15 is 0 Å². The third kappa shape index (κ3) is 4.20. The van der Waals surface area contributed by atoms with Crippen molar-refractivity contribution in [1.29, 1.82) is 0 Å². The molecule has 0 spiro atoms. The number of aliphatic carboxylic acids is 1. The standard InChI is InChI=1S/C11H12ClNO3S/c1-2-3-4-7(11(15)16)13-10(14)8-5-6-9(12)17-8/h2,5-7H,1,3-4H2,(H,13,14)(H,15,16). The van der Waals surface area contributed by atoms with E-state index in [1.807, 2.05) is 0 Å². The summed E-state index contributed by atoms with van der Waals surface area (Å²) in [6, 6.07) is 2.26. The van der Waals surface area contributed by atoms with Crippen molar-refractivity contribution in [2.45, 2.75) is 18.9 Å². The van der Waals surface area contributed by atoms with Crippen molar-refractivity contribution in [3.63, 3.8) is 0 Å². The summed E-state index contributed by atoms with van der Waals surface area (Å²) in [7, 11) is 0. The van der Waals surface area contributed by atoms with E-state index in [0.29, 0.717) is 22.1 Å². The molecule has 0 saturated heterocycles. The van der Waals surface area contributed by atoms with Crippen LogP contribution in [-0.2, 0) is 4.79 Å². The van der Waals surface area contributed by atoms with Gasteiger partial charge in [-0.3, -0.25) is 4.79 Å². The molecule has 17 heavy (non-hydrogen) atoms. The van der Waals surface area contributed by atoms with E-state index < -0.39 is 17.9 Å². The molecular formula is C11H12ClNO3S. The van der Waals surface area contributed by atoms with Crippen LogP contribution in [0.1, 0.15) is 22.5 Å². The Bertz CT molecular complexity index is 430. The molecule has 0 aliphatic carbocycles. The van der Waals surface area contributed by atoms with Crippen LogP contribution in [0, 0.1) is 0 Å². The summed E-state index contributed by atoms with van der Waals surface area (Å²) in [6.07, 6.45) is 2.47. The number of carbonyl (C=O) groups is 2. The summed E-state index contributed by atoms with van der Waals surface area (Å²) < 4.78 is 0.494. The van der Waals surface area contributed by atoms with Crippen molar-refractivity contribution in [1.82, 2.24) is 5.32 Å². The van der Waals surface area contributed by atoms with Crippen molar-refractivity contribution in [3.8, 4) is 0 Å². The number of halogens is 1. The Labute approximate surface area is 108 Å². The van der Waals surface area contributed by atoms with Crippen LogP contribution >= 0.6 is 22.9 Å². The van der Waals surface area contributed by atoms with E-state index in [-0.39, 0.29) is 0 Å². The first-order valence-corrected chi connectivity index (χ1v) is 6.14. The van der Waals surface area contributed by atoms with Crippen molar-refractivity contribution in [2.24, 2.45) is 0 Å². The summed E-state index contributed by atoms with van der Waals surface area (Å²) in [5.74, 6) is -1.47. The predicted octanol–water partition coefficient (Wildman–Crippen LogP) is 2.55. The summed E-state index contributed by atoms with van der Waals surface area (Å²) >= 11 is 6.81. The van der Waals surface area contributed by atoms with Crippen LogP contribution in [-0.4, -0.2) is 23.0 Å². The molecule has 92 valence electrons. The minimum atomic E-state index is -1.05. The van der Waals surface area contributed by atoms with E-state index in [9.17, 15) is 9.59 Å². The molecule has 0 bridgehead atoms. The average Bonchev–Trinajstić information content (AvgIpc) is 2.70. The maximum absolute atomic E-state index is 11.7. The van der Waals surface area contributed by atoms with Crippen LogP contribution < -0.4 is 5.32 Å². The summed E-state index contributed by atoms with van der Waals surface area (Å²) in [5, 5.41) is 11.4. The molecule has 0 aliphatic heterocycles. The zero-order valence-electron chi connectivity index (χ0n) is 8.98. The van der Waals surface area contributed by atoms with Crippen molar-refractivity contribution < 1.29 is 14.7 Å². The average molecular weight is 274 g/mol. The molecule has 1 heterocycles. The number of nitrogens with one attached hydrogen (secondary N) is 1. The van der Waals surface area contributed by atoms with Gasteiger partial charge in [0.25, 0.3) is 5.91 Å². The van der Waals surface area contributed by atoms with Gasteiger partial charge in [0.2, 0.25) is 0 Å². The fourth-order valence-electron chi connectivity index (χ4n) is 1.21. The van der Waals surface area contributed by atoms with Gasteiger partial charge in [0, 0.05) is 0 Å². The van der Waals surface area contributed by atoms with Crippen LogP contribution in [0.5, 0.6) is 0 Å². The van der Waals surface area contributed by atoms with E-state index in [1.54, 1.807) is 18.2 Å². The first-order chi connectivity index (χ1) is 8.04. The molecular weight excluding hydrogens is 262 g/mol. The molecule has 0 fully saturated rings. The fourth-order valence-corrected chi connectivity index (χ4v) is 2.15. The Kier molecular flexibility index (Phi) is 5.18. The third-order valence-electron chi connectivity index (χ3n) is 2.06. The second-order valence-corrected chi connectivity index (χ2v) is 5.05. The smallest absolute Gasteiger partial charge is 0.326 e. The van der Waals surface area contributed by atoms with Gasteiger partial charge in [-0.05, 0) is 25.0 Å². The van der Waals surface area contributed by atoms with E-state index in [2.05, 4.69) is 11.9 Å². The van der Waals surface area contributed by atoms with Gasteiger partial charge in [-0.1, -0.05) is 17.7 Å². The quantitative estimate of drug-likeness (QED) is 0.783. The lowest BCUT2D eigenvalue weighted by Crippen LogP contribution is -2.40. The first kappa shape index (κ1) is 13.7. The Balaban J connectivity index is 2.63. The first-order valence-electron chi connectivity index (χ1n) is 4.94. The van der Waals surface area contributed by atoms with Crippen molar-refractivity contribution >= 4 is 34.8 Å². The van der Waals surface area contributed by atoms with Gasteiger partial charge in [-0.2, -0.15) is 0 Å². The molecule has 1 aromatic rings. The number of carbonyl (C=O) groups excluding carboxylic acids is 1. The minimum Gasteiger partial charge on any atom is -0.480 e. The third-order valence-corrected chi connectivity index (χ3v) is 3.29. The summed E-state index contributed by atoms with van der Waals surface area (Å²) in [4.78, 5) is 23.0. The number of hydrogen-bond donors (Lipinski definition) is 2. The summed E-state index contributed by atoms with van der Waals surface area (Å²) in [5.41, 5.74) is 0. The molecule has 0 radical (unpaired) electrons. The van der Waals surface area contributed by atoms with Crippen LogP contribution in [0.3, 0.4) is 0 Å². The van der Waals surface area contributed by atoms with Gasteiger partial charge in [0.15, 0.2) is 0 Å². The molecule has 0 saturated carbocycles. The number of amides is 1. The monoisotopic (exact) mass is 273 g/mol. The lowest BCUT2D eigenvalue weighted by Gasteiger charge is -2.12. The summed E-state index contributed by atoms with van der Waals surface area (Å²) in [6.45, 7) is 3.51. The highest BCUT2D eigenvalue weighted by atomic mass is 35.5. The highest BCUT2D eigenvalue weighted by Gasteiger charge is 2.20. The van der Waals surface area contributed by atoms with E-state index in [1.165, 1.54) is 0 Å². The van der Waals surface area contributed by atoms with Crippen LogP contribution in [0.15, 0.2) is 24.8 Å². The van der Waals surface area contributed by atoms with E-state index in [0.717, 1.165) is 11.3 Å².